The van der Waals surface area contributed by atoms with Crippen molar-refractivity contribution >= 4 is 6.03 Å². The molecule has 0 unspecified atom stereocenters. The van der Waals surface area contributed by atoms with E-state index < -0.39 is 24.9 Å². The molecule has 0 heterocycles. The van der Waals surface area contributed by atoms with E-state index in [0.29, 0.717) is 0 Å². The summed E-state index contributed by atoms with van der Waals surface area (Å²) in [5.74, 6) is 0. The van der Waals surface area contributed by atoms with Gasteiger partial charge < -0.3 is 15.3 Å². The molecule has 0 bridgehead atoms. The molecule has 0 aromatic rings. The summed E-state index contributed by atoms with van der Waals surface area (Å²) in [7, 11) is 1.24. The number of rotatable bonds is 3. The van der Waals surface area contributed by atoms with Crippen LogP contribution in [0.25, 0.3) is 0 Å². The van der Waals surface area contributed by atoms with E-state index in [1.165, 1.54) is 7.05 Å². The van der Waals surface area contributed by atoms with Crippen molar-refractivity contribution in [3.8, 4) is 0 Å². The van der Waals surface area contributed by atoms with Crippen molar-refractivity contribution in [3.05, 3.63) is 0 Å². The highest BCUT2D eigenvalue weighted by molar-refractivity contribution is 5.74. The van der Waals surface area contributed by atoms with Gasteiger partial charge in [0.2, 0.25) is 0 Å². The summed E-state index contributed by atoms with van der Waals surface area (Å²) in [6.07, 6.45) is -2.28. The van der Waals surface area contributed by atoms with Gasteiger partial charge in [-0.2, -0.15) is 13.2 Å². The molecule has 0 aromatic heterocycles. The smallest absolute Gasteiger partial charge is 0.382 e. The molecule has 1 aliphatic rings. The second-order valence-corrected chi connectivity index (χ2v) is 4.72. The van der Waals surface area contributed by atoms with Crippen LogP contribution in [0.2, 0.25) is 0 Å². The Morgan fingerprint density at radius 3 is 2.44 bits per heavy atom. The minimum atomic E-state index is -4.70. The number of halogens is 3. The summed E-state index contributed by atoms with van der Waals surface area (Å²) in [4.78, 5) is 12.5. The summed E-state index contributed by atoms with van der Waals surface area (Å²) >= 11 is 0. The molecule has 2 N–H and O–H groups in total. The third-order valence-electron chi connectivity index (χ3n) is 3.10. The van der Waals surface area contributed by atoms with Crippen molar-refractivity contribution in [3.63, 3.8) is 0 Å². The van der Waals surface area contributed by atoms with E-state index in [-0.39, 0.29) is 6.04 Å². The fourth-order valence-corrected chi connectivity index (χ4v) is 1.98. The molecule has 7 heteroatoms. The number of aliphatic hydroxyl groups excluding tert-OH is 1. The summed E-state index contributed by atoms with van der Waals surface area (Å²) in [5, 5.41) is 11.5. The number of aliphatic hydroxyl groups is 1. The third-order valence-corrected chi connectivity index (χ3v) is 3.10. The van der Waals surface area contributed by atoms with Crippen LogP contribution in [0.15, 0.2) is 0 Å². The Labute approximate surface area is 104 Å². The quantitative estimate of drug-likeness (QED) is 0.821. The highest BCUT2D eigenvalue weighted by atomic mass is 19.4. The van der Waals surface area contributed by atoms with Crippen LogP contribution in [0, 0.1) is 0 Å². The van der Waals surface area contributed by atoms with Gasteiger partial charge in [-0.05, 0) is 12.8 Å². The number of likely N-dealkylation sites (N-methyl/N-ethyl adjacent to an activating group) is 1. The van der Waals surface area contributed by atoms with Crippen molar-refractivity contribution < 1.29 is 23.1 Å². The maximum Gasteiger partial charge on any atom is 0.416 e. The van der Waals surface area contributed by atoms with Crippen LogP contribution in [0.3, 0.4) is 0 Å². The minimum Gasteiger partial charge on any atom is -0.382 e. The molecule has 1 saturated carbocycles. The van der Waals surface area contributed by atoms with Gasteiger partial charge in [0, 0.05) is 13.1 Å². The standard InChI is InChI=1S/C11H19F3N2O2/c1-16(7-9(17)11(12,13)14)10(18)15-8-5-3-2-4-6-8/h8-9,17H,2-7H2,1H3,(H,15,18)/t9-/m0/s1. The minimum absolute atomic E-state index is 0.0386. The summed E-state index contributed by atoms with van der Waals surface area (Å²) in [6, 6.07) is -0.526. The third kappa shape index (κ3) is 4.72. The number of hydrogen-bond acceptors (Lipinski definition) is 2. The maximum atomic E-state index is 12.1. The van der Waals surface area contributed by atoms with Gasteiger partial charge in [0.25, 0.3) is 0 Å². The van der Waals surface area contributed by atoms with Crippen LogP contribution in [0.4, 0.5) is 18.0 Å². The van der Waals surface area contributed by atoms with Gasteiger partial charge in [0.1, 0.15) is 0 Å². The molecule has 0 saturated heterocycles. The maximum absolute atomic E-state index is 12.1. The Hall–Kier alpha value is -0.980. The van der Waals surface area contributed by atoms with Crippen molar-refractivity contribution in [2.75, 3.05) is 13.6 Å². The van der Waals surface area contributed by atoms with Gasteiger partial charge >= 0.3 is 12.2 Å². The van der Waals surface area contributed by atoms with E-state index in [9.17, 15) is 18.0 Å². The fourth-order valence-electron chi connectivity index (χ4n) is 1.98. The number of urea groups is 1. The van der Waals surface area contributed by atoms with Gasteiger partial charge in [-0.3, -0.25) is 0 Å². The molecular weight excluding hydrogens is 249 g/mol. The van der Waals surface area contributed by atoms with E-state index in [4.69, 9.17) is 5.11 Å². The van der Waals surface area contributed by atoms with Gasteiger partial charge in [-0.1, -0.05) is 19.3 Å². The molecular formula is C11H19F3N2O2. The lowest BCUT2D eigenvalue weighted by molar-refractivity contribution is -0.205. The molecule has 106 valence electrons. The molecule has 0 spiro atoms. The average Bonchev–Trinajstić information content (AvgIpc) is 2.28. The predicted molar refractivity (Wildman–Crippen MR) is 60.1 cm³/mol. The van der Waals surface area contributed by atoms with Crippen LogP contribution in [-0.2, 0) is 0 Å². The van der Waals surface area contributed by atoms with Gasteiger partial charge in [0.05, 0.1) is 6.54 Å². The molecule has 1 aliphatic carbocycles. The molecule has 0 radical (unpaired) electrons. The molecule has 18 heavy (non-hydrogen) atoms. The highest BCUT2D eigenvalue weighted by Crippen LogP contribution is 2.21. The summed E-state index contributed by atoms with van der Waals surface area (Å²) in [6.45, 7) is -0.748. The average molecular weight is 268 g/mol. The van der Waals surface area contributed by atoms with Crippen molar-refractivity contribution in [2.24, 2.45) is 0 Å². The second kappa shape index (κ2) is 6.26. The Morgan fingerprint density at radius 1 is 1.39 bits per heavy atom. The van der Waals surface area contributed by atoms with E-state index >= 15 is 0 Å². The number of amides is 2. The first-order chi connectivity index (χ1) is 8.30. The first kappa shape index (κ1) is 15.1. The number of carbonyl (C=O) groups is 1. The van der Waals surface area contributed by atoms with Gasteiger partial charge in [0.15, 0.2) is 6.10 Å². The molecule has 1 fully saturated rings. The zero-order chi connectivity index (χ0) is 13.8. The van der Waals surface area contributed by atoms with Crippen molar-refractivity contribution in [1.29, 1.82) is 0 Å². The van der Waals surface area contributed by atoms with Crippen LogP contribution >= 0.6 is 0 Å². The Morgan fingerprint density at radius 2 is 1.94 bits per heavy atom. The van der Waals surface area contributed by atoms with Crippen molar-refractivity contribution in [2.45, 2.75) is 50.4 Å². The van der Waals surface area contributed by atoms with E-state index in [1.54, 1.807) is 0 Å². The van der Waals surface area contributed by atoms with E-state index in [1.807, 2.05) is 0 Å². The first-order valence-electron chi connectivity index (χ1n) is 6.07. The first-order valence-corrected chi connectivity index (χ1v) is 6.07. The van der Waals surface area contributed by atoms with Gasteiger partial charge in [-0.15, -0.1) is 0 Å². The number of nitrogens with zero attached hydrogens (tertiary/aromatic N) is 1. The van der Waals surface area contributed by atoms with Crippen molar-refractivity contribution in [1.82, 2.24) is 10.2 Å². The largest absolute Gasteiger partial charge is 0.416 e. The van der Waals surface area contributed by atoms with E-state index in [2.05, 4.69) is 5.32 Å². The molecule has 1 atom stereocenters. The second-order valence-electron chi connectivity index (χ2n) is 4.72. The Balaban J connectivity index is 2.36. The summed E-state index contributed by atoms with van der Waals surface area (Å²) in [5.41, 5.74) is 0. The van der Waals surface area contributed by atoms with E-state index in [0.717, 1.165) is 37.0 Å². The number of nitrogens with one attached hydrogen (secondary N) is 1. The zero-order valence-corrected chi connectivity index (χ0v) is 10.3. The molecule has 4 nitrogen and oxygen atoms in total. The zero-order valence-electron chi connectivity index (χ0n) is 10.3. The lowest BCUT2D eigenvalue weighted by atomic mass is 9.96. The topological polar surface area (TPSA) is 52.6 Å². The van der Waals surface area contributed by atoms with Gasteiger partial charge in [-0.25, -0.2) is 4.79 Å². The Kier molecular flexibility index (Phi) is 5.25. The van der Waals surface area contributed by atoms with Crippen LogP contribution in [-0.4, -0.2) is 48.0 Å². The Bertz CT molecular complexity index is 278. The molecule has 0 aliphatic heterocycles. The number of carbonyl (C=O) groups excluding carboxylic acids is 1. The fraction of sp³-hybridized carbons (Fsp3) is 0.909. The lowest BCUT2D eigenvalue weighted by Gasteiger charge is -2.27. The lowest BCUT2D eigenvalue weighted by Crippen LogP contribution is -2.48. The number of hydrogen-bond donors (Lipinski definition) is 2. The molecule has 0 aromatic carbocycles. The highest BCUT2D eigenvalue weighted by Gasteiger charge is 2.39. The van der Waals surface area contributed by atoms with Crippen LogP contribution in [0.1, 0.15) is 32.1 Å². The summed E-state index contributed by atoms with van der Waals surface area (Å²) < 4.78 is 36.4. The number of alkyl halides is 3. The molecule has 2 amide bonds. The predicted octanol–water partition coefficient (Wildman–Crippen LogP) is 1.88. The van der Waals surface area contributed by atoms with Crippen LogP contribution in [0.5, 0.6) is 0 Å². The SMILES string of the molecule is CN(C[C@H](O)C(F)(F)F)C(=O)NC1CCCCC1. The normalized spacial score (nSPS) is 19.4. The monoisotopic (exact) mass is 268 g/mol. The molecule has 1 rings (SSSR count). The van der Waals surface area contributed by atoms with Crippen LogP contribution < -0.4 is 5.32 Å².